The molecule has 1 saturated heterocycles. The van der Waals surface area contributed by atoms with Crippen LogP contribution >= 0.6 is 0 Å². The quantitative estimate of drug-likeness (QED) is 0.179. The lowest BCUT2D eigenvalue weighted by Crippen LogP contribution is -2.51. The van der Waals surface area contributed by atoms with Crippen LogP contribution in [0.4, 0.5) is 9.18 Å². The summed E-state index contributed by atoms with van der Waals surface area (Å²) < 4.78 is 25.1. The lowest BCUT2D eigenvalue weighted by atomic mass is 10.0. The van der Waals surface area contributed by atoms with E-state index in [9.17, 15) is 19.1 Å². The fourth-order valence-corrected chi connectivity index (χ4v) is 5.42. The Kier molecular flexibility index (Phi) is 13.4. The first-order valence-corrected chi connectivity index (χ1v) is 16.2. The molecule has 11 heteroatoms. The number of benzene rings is 3. The van der Waals surface area contributed by atoms with Crippen LogP contribution < -0.4 is 20.5 Å². The molecule has 0 aromatic heterocycles. The van der Waals surface area contributed by atoms with Gasteiger partial charge in [-0.2, -0.15) is 0 Å². The van der Waals surface area contributed by atoms with E-state index in [1.807, 2.05) is 29.2 Å². The number of nitrogens with one attached hydrogen (secondary N) is 1. The summed E-state index contributed by atoms with van der Waals surface area (Å²) in [4.78, 5) is 28.5. The molecule has 2 atom stereocenters. The van der Waals surface area contributed by atoms with Crippen LogP contribution in [0.25, 0.3) is 0 Å². The van der Waals surface area contributed by atoms with Gasteiger partial charge in [0.15, 0.2) is 0 Å². The standard InChI is InChI=1S/C36H47FN4O6/c1-25(2)23-46-32-13-7-27(8-14-32)20-39-36(45)41(21-28-3-9-29(37)10-4-28)30-15-17-40(18-16-30)22-31(42)24-47-33-11-5-26(6-12-33)19-34(38)35(43)44/h3-14,25,30-31,34,42H,15-24,38H2,1-2H3,(H,39,45)(H,43,44)/t31?,34-/m0/s1. The van der Waals surface area contributed by atoms with Crippen molar-refractivity contribution in [3.8, 4) is 11.5 Å². The first-order chi connectivity index (χ1) is 22.5. The van der Waals surface area contributed by atoms with Gasteiger partial charge in [-0.3, -0.25) is 4.79 Å². The monoisotopic (exact) mass is 650 g/mol. The van der Waals surface area contributed by atoms with Gasteiger partial charge in [0.1, 0.15) is 36.1 Å². The van der Waals surface area contributed by atoms with Crippen LogP contribution in [0.3, 0.4) is 0 Å². The van der Waals surface area contributed by atoms with Gasteiger partial charge in [-0.25, -0.2) is 9.18 Å². The summed E-state index contributed by atoms with van der Waals surface area (Å²) in [6.07, 6.45) is 0.959. The molecule has 4 rings (SSSR count). The molecule has 1 fully saturated rings. The van der Waals surface area contributed by atoms with Crippen molar-refractivity contribution in [3.63, 3.8) is 0 Å². The van der Waals surface area contributed by atoms with Gasteiger partial charge in [-0.15, -0.1) is 0 Å². The van der Waals surface area contributed by atoms with Crippen molar-refractivity contribution in [1.82, 2.24) is 15.1 Å². The van der Waals surface area contributed by atoms with Crippen molar-refractivity contribution < 1.29 is 33.7 Å². The molecule has 0 radical (unpaired) electrons. The van der Waals surface area contributed by atoms with E-state index in [1.165, 1.54) is 12.1 Å². The summed E-state index contributed by atoms with van der Waals surface area (Å²) in [5, 5.41) is 22.7. The molecule has 47 heavy (non-hydrogen) atoms. The third-order valence-electron chi connectivity index (χ3n) is 8.08. The van der Waals surface area contributed by atoms with Gasteiger partial charge in [-0.05, 0) is 78.3 Å². The number of aliphatic carboxylic acids is 1. The SMILES string of the molecule is CC(C)COc1ccc(CNC(=O)N(Cc2ccc(F)cc2)C2CCN(CC(O)COc3ccc(C[C@H](N)C(=O)O)cc3)CC2)cc1. The maximum absolute atomic E-state index is 13.6. The van der Waals surface area contributed by atoms with Gasteiger partial charge in [0.25, 0.3) is 0 Å². The number of ether oxygens (including phenoxy) is 2. The Morgan fingerprint density at radius 1 is 0.915 bits per heavy atom. The van der Waals surface area contributed by atoms with E-state index in [1.54, 1.807) is 36.4 Å². The third-order valence-corrected chi connectivity index (χ3v) is 8.08. The Bertz CT molecular complexity index is 1400. The highest BCUT2D eigenvalue weighted by molar-refractivity contribution is 5.74. The molecule has 0 bridgehead atoms. The van der Waals surface area contributed by atoms with E-state index < -0.39 is 18.1 Å². The molecular weight excluding hydrogens is 603 g/mol. The first-order valence-electron chi connectivity index (χ1n) is 16.2. The summed E-state index contributed by atoms with van der Waals surface area (Å²) in [6.45, 7) is 7.50. The molecule has 1 heterocycles. The van der Waals surface area contributed by atoms with Gasteiger partial charge < -0.3 is 40.5 Å². The van der Waals surface area contributed by atoms with Crippen molar-refractivity contribution in [1.29, 1.82) is 0 Å². The number of halogens is 1. The number of nitrogens with two attached hydrogens (primary N) is 1. The number of likely N-dealkylation sites (tertiary alicyclic amines) is 1. The minimum Gasteiger partial charge on any atom is -0.493 e. The number of carboxylic acid groups (broad SMARTS) is 1. The van der Waals surface area contributed by atoms with E-state index in [4.69, 9.17) is 20.3 Å². The van der Waals surface area contributed by atoms with Gasteiger partial charge in [0.05, 0.1) is 6.61 Å². The maximum Gasteiger partial charge on any atom is 0.320 e. The predicted molar refractivity (Wildman–Crippen MR) is 178 cm³/mol. The molecule has 0 aliphatic carbocycles. The van der Waals surface area contributed by atoms with E-state index in [0.29, 0.717) is 51.0 Å². The minimum absolute atomic E-state index is 0.0238. The highest BCUT2D eigenvalue weighted by atomic mass is 19.1. The number of carboxylic acids is 1. The van der Waals surface area contributed by atoms with Gasteiger partial charge in [0.2, 0.25) is 0 Å². The number of nitrogens with zero attached hydrogens (tertiary/aromatic N) is 2. The number of urea groups is 1. The molecule has 2 amide bonds. The molecule has 1 aliphatic heterocycles. The Balaban J connectivity index is 1.27. The Hall–Kier alpha value is -4.19. The fourth-order valence-electron chi connectivity index (χ4n) is 5.42. The average Bonchev–Trinajstić information content (AvgIpc) is 3.06. The Morgan fingerprint density at radius 2 is 1.47 bits per heavy atom. The molecule has 1 aliphatic rings. The second kappa shape index (κ2) is 17.7. The number of β-amino-alcohol motifs (C(OH)–C–C–N with tert-alkyl or cyclic N) is 1. The summed E-state index contributed by atoms with van der Waals surface area (Å²) in [5.41, 5.74) is 8.20. The van der Waals surface area contributed by atoms with Crippen molar-refractivity contribution in [3.05, 3.63) is 95.3 Å². The zero-order valence-corrected chi connectivity index (χ0v) is 27.2. The number of carbonyl (C=O) groups is 2. The molecular formula is C36H47FN4O6. The highest BCUT2D eigenvalue weighted by Gasteiger charge is 2.29. The van der Waals surface area contributed by atoms with Crippen molar-refractivity contribution in [2.24, 2.45) is 11.7 Å². The second-order valence-electron chi connectivity index (χ2n) is 12.6. The summed E-state index contributed by atoms with van der Waals surface area (Å²) in [5.74, 6) is 0.435. The Labute approximate surface area is 276 Å². The van der Waals surface area contributed by atoms with Gasteiger partial charge in [0, 0.05) is 38.8 Å². The van der Waals surface area contributed by atoms with Crippen LogP contribution in [-0.4, -0.2) is 83.0 Å². The smallest absolute Gasteiger partial charge is 0.320 e. The molecule has 3 aromatic rings. The van der Waals surface area contributed by atoms with E-state index >= 15 is 0 Å². The number of piperidine rings is 1. The number of aliphatic hydroxyl groups excluding tert-OH is 1. The maximum atomic E-state index is 13.6. The lowest BCUT2D eigenvalue weighted by Gasteiger charge is -2.39. The number of amides is 2. The number of hydrogen-bond donors (Lipinski definition) is 4. The molecule has 10 nitrogen and oxygen atoms in total. The van der Waals surface area contributed by atoms with Crippen molar-refractivity contribution >= 4 is 12.0 Å². The molecule has 0 saturated carbocycles. The normalized spacial score (nSPS) is 15.2. The third kappa shape index (κ3) is 11.8. The van der Waals surface area contributed by atoms with Crippen molar-refractivity contribution in [2.75, 3.05) is 32.8 Å². The Morgan fingerprint density at radius 3 is 2.04 bits per heavy atom. The van der Waals surface area contributed by atoms with Crippen LogP contribution in [-0.2, 0) is 24.3 Å². The van der Waals surface area contributed by atoms with Crippen LogP contribution in [0.15, 0.2) is 72.8 Å². The summed E-state index contributed by atoms with van der Waals surface area (Å²) >= 11 is 0. The number of rotatable bonds is 16. The first kappa shape index (κ1) is 35.7. The predicted octanol–water partition coefficient (Wildman–Crippen LogP) is 4.43. The van der Waals surface area contributed by atoms with Crippen LogP contribution in [0.2, 0.25) is 0 Å². The van der Waals surface area contributed by atoms with Crippen molar-refractivity contribution in [2.45, 2.75) is 64.4 Å². The van der Waals surface area contributed by atoms with Gasteiger partial charge in [-0.1, -0.05) is 50.2 Å². The lowest BCUT2D eigenvalue weighted by molar-refractivity contribution is -0.138. The van der Waals surface area contributed by atoms with E-state index in [2.05, 4.69) is 24.1 Å². The zero-order valence-electron chi connectivity index (χ0n) is 27.2. The molecule has 5 N–H and O–H groups in total. The van der Waals surface area contributed by atoms with E-state index in [-0.39, 0.29) is 30.9 Å². The molecule has 3 aromatic carbocycles. The zero-order chi connectivity index (χ0) is 33.8. The van der Waals surface area contributed by atoms with E-state index in [0.717, 1.165) is 35.3 Å². The van der Waals surface area contributed by atoms with Crippen LogP contribution in [0, 0.1) is 11.7 Å². The van der Waals surface area contributed by atoms with Gasteiger partial charge >= 0.3 is 12.0 Å². The average molecular weight is 651 g/mol. The van der Waals surface area contributed by atoms with Crippen LogP contribution in [0.5, 0.6) is 11.5 Å². The topological polar surface area (TPSA) is 138 Å². The van der Waals surface area contributed by atoms with Crippen LogP contribution in [0.1, 0.15) is 43.4 Å². The minimum atomic E-state index is -1.05. The second-order valence-corrected chi connectivity index (χ2v) is 12.6. The number of carbonyl (C=O) groups excluding carboxylic acids is 1. The summed E-state index contributed by atoms with van der Waals surface area (Å²) in [6, 6.07) is 19.8. The highest BCUT2D eigenvalue weighted by Crippen LogP contribution is 2.21. The fraction of sp³-hybridized carbons (Fsp3) is 0.444. The molecule has 254 valence electrons. The number of hydrogen-bond acceptors (Lipinski definition) is 7. The molecule has 0 spiro atoms. The largest absolute Gasteiger partial charge is 0.493 e. The summed E-state index contributed by atoms with van der Waals surface area (Å²) in [7, 11) is 0. The number of aliphatic hydroxyl groups is 1. The molecule has 1 unspecified atom stereocenters.